The molecule has 5 N–H and O–H groups in total. The number of nitrogens with zero attached hydrogens (tertiary/aromatic N) is 2. The van der Waals surface area contributed by atoms with Crippen molar-refractivity contribution in [3.05, 3.63) is 103 Å². The van der Waals surface area contributed by atoms with Gasteiger partial charge in [0.1, 0.15) is 6.29 Å². The van der Waals surface area contributed by atoms with Gasteiger partial charge in [-0.05, 0) is 71.5 Å². The number of ether oxygens (including phenoxy) is 2. The molecule has 0 fully saturated rings. The van der Waals surface area contributed by atoms with E-state index in [4.69, 9.17) is 37.8 Å². The van der Waals surface area contributed by atoms with Crippen LogP contribution in [0, 0.1) is 13.8 Å². The van der Waals surface area contributed by atoms with Crippen LogP contribution in [0.4, 0.5) is 0 Å². The largest absolute Gasteiger partial charge is 0.481 e. The fourth-order valence-corrected chi connectivity index (χ4v) is 6.17. The molecule has 53 heavy (non-hydrogen) atoms. The van der Waals surface area contributed by atoms with E-state index in [9.17, 15) is 19.8 Å². The molecule has 4 rings (SSSR count). The molecule has 0 spiro atoms. The molecular formula is C40H44Cl2N4O7. The maximum Gasteiger partial charge on any atom is 0.306 e. The molecule has 2 heterocycles. The predicted octanol–water partition coefficient (Wildman–Crippen LogP) is 6.39. The molecule has 2 aromatic carbocycles. The molecule has 2 aromatic heterocycles. The average molecular weight is 764 g/mol. The van der Waals surface area contributed by atoms with Crippen molar-refractivity contribution >= 4 is 59.8 Å². The van der Waals surface area contributed by atoms with Crippen LogP contribution in [0.1, 0.15) is 57.6 Å². The summed E-state index contributed by atoms with van der Waals surface area (Å²) in [5.74, 6) is -0.297. The fourth-order valence-electron chi connectivity index (χ4n) is 5.69. The number of rotatable bonds is 19. The molecule has 0 radical (unpaired) electrons. The number of benzene rings is 2. The zero-order valence-electron chi connectivity index (χ0n) is 30.0. The summed E-state index contributed by atoms with van der Waals surface area (Å²) in [6.45, 7) is 5.11. The van der Waals surface area contributed by atoms with Gasteiger partial charge in [0.15, 0.2) is 0 Å². The van der Waals surface area contributed by atoms with E-state index in [0.717, 1.165) is 38.9 Å². The van der Waals surface area contributed by atoms with Gasteiger partial charge < -0.3 is 40.2 Å². The third-order valence-electron chi connectivity index (χ3n) is 8.52. The van der Waals surface area contributed by atoms with Crippen LogP contribution in [0.15, 0.2) is 48.5 Å². The lowest BCUT2D eigenvalue weighted by Gasteiger charge is -2.14. The van der Waals surface area contributed by atoms with E-state index < -0.39 is 18.2 Å². The standard InChI is InChI=1S/C40H44Cl2N4O7/c1-24-26(11-13-36-34(41)17-28(39(45-36)52-3)20-43-22-30(48)15-16-47)7-5-9-32(24)33-10-6-8-27(25(33)2)12-14-37-35(42)18-29(40(46-37)53-4)21-44-23-31(49)19-38(50)51/h5-14,16-18,30-31,43-44,48-49H,15,19-23H2,1-4H3,(H,50,51)/b13-11+,14-12+/t30-,31-/m0/s1. The second kappa shape index (κ2) is 20.0. The lowest BCUT2D eigenvalue weighted by atomic mass is 9.91. The van der Waals surface area contributed by atoms with E-state index in [2.05, 4.69) is 46.6 Å². The van der Waals surface area contributed by atoms with Gasteiger partial charge in [-0.1, -0.05) is 71.8 Å². The molecule has 0 bridgehead atoms. The van der Waals surface area contributed by atoms with E-state index in [1.807, 2.05) is 48.6 Å². The Bertz CT molecular complexity index is 1970. The number of nitrogens with one attached hydrogen (secondary N) is 2. The Hall–Kier alpha value is -4.62. The number of methoxy groups -OCH3 is 2. The topological polar surface area (TPSA) is 163 Å². The van der Waals surface area contributed by atoms with Crippen molar-refractivity contribution in [1.29, 1.82) is 0 Å². The van der Waals surface area contributed by atoms with Crippen molar-refractivity contribution in [3.63, 3.8) is 0 Å². The highest BCUT2D eigenvalue weighted by Gasteiger charge is 2.15. The highest BCUT2D eigenvalue weighted by atomic mass is 35.5. The first kappa shape index (κ1) is 41.1. The lowest BCUT2D eigenvalue weighted by molar-refractivity contribution is -0.139. The normalized spacial score (nSPS) is 12.7. The Morgan fingerprint density at radius 2 is 1.23 bits per heavy atom. The number of pyridine rings is 2. The van der Waals surface area contributed by atoms with E-state index in [-0.39, 0.29) is 32.5 Å². The number of aromatic nitrogens is 2. The van der Waals surface area contributed by atoms with Crippen LogP contribution in [0.25, 0.3) is 35.4 Å². The molecular weight excluding hydrogens is 719 g/mol. The first-order valence-electron chi connectivity index (χ1n) is 16.9. The summed E-state index contributed by atoms with van der Waals surface area (Å²) in [4.78, 5) is 30.6. The summed E-state index contributed by atoms with van der Waals surface area (Å²) in [6, 6.07) is 15.7. The molecule has 0 saturated heterocycles. The number of halogens is 2. The van der Waals surface area contributed by atoms with Gasteiger partial charge in [-0.15, -0.1) is 0 Å². The van der Waals surface area contributed by atoms with Gasteiger partial charge in [-0.3, -0.25) is 4.79 Å². The summed E-state index contributed by atoms with van der Waals surface area (Å²) in [7, 11) is 3.05. The number of carboxylic acids is 1. The predicted molar refractivity (Wildman–Crippen MR) is 209 cm³/mol. The van der Waals surface area contributed by atoms with Crippen molar-refractivity contribution in [3.8, 4) is 22.9 Å². The number of aliphatic carboxylic acids is 1. The van der Waals surface area contributed by atoms with E-state index in [0.29, 0.717) is 51.6 Å². The SMILES string of the molecule is COc1nc(/C=C/c2cccc(-c3cccc(/C=C/c4nc(OC)c(CNC[C@@H](O)CC=O)cc4Cl)c3C)c2C)c(Cl)cc1CNC[C@@H](O)CC(=O)O. The number of aliphatic hydroxyl groups is 2. The highest BCUT2D eigenvalue weighted by Crippen LogP contribution is 2.33. The van der Waals surface area contributed by atoms with Crippen molar-refractivity contribution in [1.82, 2.24) is 20.6 Å². The number of carboxylic acid groups (broad SMARTS) is 1. The molecule has 0 amide bonds. The van der Waals surface area contributed by atoms with Crippen LogP contribution >= 0.6 is 23.2 Å². The molecule has 13 heteroatoms. The molecule has 0 aliphatic heterocycles. The third-order valence-corrected chi connectivity index (χ3v) is 9.13. The van der Waals surface area contributed by atoms with Crippen molar-refractivity contribution in [2.45, 2.75) is 52.0 Å². The van der Waals surface area contributed by atoms with E-state index in [1.165, 1.54) is 14.2 Å². The van der Waals surface area contributed by atoms with Crippen LogP contribution in [-0.4, -0.2) is 77.1 Å². The number of aliphatic hydroxyl groups excluding tert-OH is 2. The maximum absolute atomic E-state index is 10.8. The van der Waals surface area contributed by atoms with Crippen LogP contribution in [0.2, 0.25) is 10.0 Å². The summed E-state index contributed by atoms with van der Waals surface area (Å²) in [5.41, 5.74) is 8.70. The minimum atomic E-state index is -1.07. The Morgan fingerprint density at radius 1 is 0.774 bits per heavy atom. The average Bonchev–Trinajstić information content (AvgIpc) is 3.12. The Balaban J connectivity index is 1.53. The van der Waals surface area contributed by atoms with Gasteiger partial charge in [0.2, 0.25) is 11.8 Å². The summed E-state index contributed by atoms with van der Waals surface area (Å²) < 4.78 is 11.0. The summed E-state index contributed by atoms with van der Waals surface area (Å²) in [5, 5.41) is 35.5. The zero-order valence-corrected chi connectivity index (χ0v) is 31.5. The third kappa shape index (κ3) is 11.4. The van der Waals surface area contributed by atoms with Gasteiger partial charge in [0.05, 0.1) is 54.3 Å². The fraction of sp³-hybridized carbons (Fsp3) is 0.300. The molecule has 0 aliphatic carbocycles. The Kier molecular flexibility index (Phi) is 15.5. The smallest absolute Gasteiger partial charge is 0.306 e. The minimum Gasteiger partial charge on any atom is -0.481 e. The van der Waals surface area contributed by atoms with Gasteiger partial charge >= 0.3 is 5.97 Å². The first-order valence-corrected chi connectivity index (χ1v) is 17.7. The number of aldehydes is 1. The van der Waals surface area contributed by atoms with Crippen molar-refractivity contribution in [2.75, 3.05) is 27.3 Å². The van der Waals surface area contributed by atoms with Crippen molar-refractivity contribution in [2.24, 2.45) is 0 Å². The molecule has 0 unspecified atom stereocenters. The summed E-state index contributed by atoms with van der Waals surface area (Å²) >= 11 is 13.2. The van der Waals surface area contributed by atoms with Crippen LogP contribution in [-0.2, 0) is 22.7 Å². The molecule has 280 valence electrons. The van der Waals surface area contributed by atoms with Crippen LogP contribution < -0.4 is 20.1 Å². The van der Waals surface area contributed by atoms with Crippen LogP contribution in [0.3, 0.4) is 0 Å². The highest BCUT2D eigenvalue weighted by molar-refractivity contribution is 6.32. The lowest BCUT2D eigenvalue weighted by Crippen LogP contribution is -2.28. The van der Waals surface area contributed by atoms with E-state index >= 15 is 0 Å². The second-order valence-corrected chi connectivity index (χ2v) is 13.1. The van der Waals surface area contributed by atoms with Gasteiger partial charge in [0.25, 0.3) is 0 Å². The maximum atomic E-state index is 10.8. The molecule has 2 atom stereocenters. The molecule has 0 aliphatic rings. The number of hydrogen-bond donors (Lipinski definition) is 5. The van der Waals surface area contributed by atoms with Crippen molar-refractivity contribution < 1.29 is 34.4 Å². The first-order chi connectivity index (χ1) is 25.4. The summed E-state index contributed by atoms with van der Waals surface area (Å²) in [6.07, 6.45) is 6.21. The molecule has 4 aromatic rings. The zero-order chi connectivity index (χ0) is 38.5. The van der Waals surface area contributed by atoms with E-state index in [1.54, 1.807) is 12.1 Å². The van der Waals surface area contributed by atoms with Gasteiger partial charge in [-0.2, -0.15) is 0 Å². The van der Waals surface area contributed by atoms with Gasteiger partial charge in [-0.25, -0.2) is 9.97 Å². The number of hydrogen-bond acceptors (Lipinski definition) is 10. The minimum absolute atomic E-state index is 0.0584. The molecule has 11 nitrogen and oxygen atoms in total. The number of carbonyl (C=O) groups excluding carboxylic acids is 1. The Labute approximate surface area is 319 Å². The quantitative estimate of drug-likeness (QED) is 0.0673. The van der Waals surface area contributed by atoms with Crippen LogP contribution in [0.5, 0.6) is 11.8 Å². The Morgan fingerprint density at radius 3 is 1.64 bits per heavy atom. The van der Waals surface area contributed by atoms with Gasteiger partial charge in [0, 0.05) is 43.7 Å². The molecule has 0 saturated carbocycles. The monoisotopic (exact) mass is 762 g/mol. The second-order valence-electron chi connectivity index (χ2n) is 12.3. The number of carbonyl (C=O) groups is 2.